The number of fused-ring (bicyclic) bond motifs is 1. The zero-order valence-corrected chi connectivity index (χ0v) is 17.5. The van der Waals surface area contributed by atoms with Crippen LogP contribution < -0.4 is 5.56 Å². The summed E-state index contributed by atoms with van der Waals surface area (Å²) in [5, 5.41) is 21.6. The number of benzene rings is 2. The van der Waals surface area contributed by atoms with Crippen molar-refractivity contribution in [3.63, 3.8) is 0 Å². The fraction of sp³-hybridized carbons (Fsp3) is 0.333. The summed E-state index contributed by atoms with van der Waals surface area (Å²) >= 11 is 0. The van der Waals surface area contributed by atoms with E-state index in [0.717, 1.165) is 16.5 Å². The number of amides is 1. The van der Waals surface area contributed by atoms with Crippen molar-refractivity contribution in [1.82, 2.24) is 14.8 Å². The van der Waals surface area contributed by atoms with Gasteiger partial charge in [0.1, 0.15) is 6.23 Å². The van der Waals surface area contributed by atoms with Crippen LogP contribution in [0.4, 0.5) is 0 Å². The van der Waals surface area contributed by atoms with Crippen LogP contribution in [0.2, 0.25) is 0 Å². The Hall–Kier alpha value is -3.04. The quantitative estimate of drug-likeness (QED) is 0.565. The van der Waals surface area contributed by atoms with Crippen LogP contribution >= 0.6 is 0 Å². The van der Waals surface area contributed by atoms with E-state index in [4.69, 9.17) is 4.74 Å². The molecule has 5 rings (SSSR count). The molecule has 32 heavy (non-hydrogen) atoms. The number of aromatic nitrogens is 1. The van der Waals surface area contributed by atoms with E-state index in [1.165, 1.54) is 0 Å². The van der Waals surface area contributed by atoms with Crippen molar-refractivity contribution < 1.29 is 19.7 Å². The van der Waals surface area contributed by atoms with Crippen molar-refractivity contribution in [3.05, 3.63) is 70.5 Å². The van der Waals surface area contributed by atoms with Gasteiger partial charge in [-0.15, -0.1) is 0 Å². The first kappa shape index (κ1) is 20.8. The van der Waals surface area contributed by atoms with Crippen LogP contribution in [-0.4, -0.2) is 82.1 Å². The number of aromatic amines is 1. The molecule has 3 aromatic rings. The maximum Gasteiger partial charge on any atom is 0.256 e. The predicted molar refractivity (Wildman–Crippen MR) is 119 cm³/mol. The van der Waals surface area contributed by atoms with Gasteiger partial charge in [-0.25, -0.2) is 0 Å². The smallest absolute Gasteiger partial charge is 0.256 e. The van der Waals surface area contributed by atoms with Gasteiger partial charge in [0.25, 0.3) is 11.5 Å². The number of piperazine rings is 1. The van der Waals surface area contributed by atoms with Gasteiger partial charge < -0.3 is 24.8 Å². The number of nitrogens with zero attached hydrogens (tertiary/aromatic N) is 2. The average Bonchev–Trinajstić information content (AvgIpc) is 2.81. The first-order valence-corrected chi connectivity index (χ1v) is 10.7. The molecule has 2 aliphatic heterocycles. The number of hydrogen-bond acceptors (Lipinski definition) is 6. The van der Waals surface area contributed by atoms with Crippen LogP contribution in [-0.2, 0) is 4.74 Å². The molecule has 1 atom stereocenters. The van der Waals surface area contributed by atoms with Gasteiger partial charge >= 0.3 is 0 Å². The second kappa shape index (κ2) is 8.14. The molecule has 0 saturated carbocycles. The Labute approximate surface area is 184 Å². The highest BCUT2D eigenvalue weighted by Crippen LogP contribution is 2.25. The van der Waals surface area contributed by atoms with Crippen molar-refractivity contribution >= 4 is 16.8 Å². The molecular formula is C24H25N3O5. The van der Waals surface area contributed by atoms with Crippen LogP contribution in [0, 0.1) is 0 Å². The van der Waals surface area contributed by atoms with E-state index in [2.05, 4.69) is 4.98 Å². The van der Waals surface area contributed by atoms with Gasteiger partial charge in [0.05, 0.1) is 13.2 Å². The van der Waals surface area contributed by atoms with Gasteiger partial charge in [-0.1, -0.05) is 30.3 Å². The van der Waals surface area contributed by atoms with Gasteiger partial charge in [0.15, 0.2) is 5.60 Å². The number of carbonyl (C=O) groups excluding carboxylic acids is 1. The number of rotatable bonds is 4. The molecular weight excluding hydrogens is 410 g/mol. The molecule has 2 saturated heterocycles. The summed E-state index contributed by atoms with van der Waals surface area (Å²) in [7, 11) is 0. The van der Waals surface area contributed by atoms with Crippen molar-refractivity contribution in [3.8, 4) is 11.1 Å². The third kappa shape index (κ3) is 3.71. The summed E-state index contributed by atoms with van der Waals surface area (Å²) in [4.78, 5) is 31.9. The highest BCUT2D eigenvalue weighted by molar-refractivity contribution is 5.95. The molecule has 8 nitrogen and oxygen atoms in total. The van der Waals surface area contributed by atoms with Gasteiger partial charge in [0, 0.05) is 42.8 Å². The molecule has 0 radical (unpaired) electrons. The zero-order chi connectivity index (χ0) is 22.3. The molecule has 2 aliphatic rings. The highest BCUT2D eigenvalue weighted by atomic mass is 16.5. The number of ether oxygens (including phenoxy) is 1. The largest absolute Gasteiger partial charge is 0.381 e. The molecule has 2 fully saturated rings. The zero-order valence-electron chi connectivity index (χ0n) is 17.5. The van der Waals surface area contributed by atoms with E-state index < -0.39 is 11.8 Å². The van der Waals surface area contributed by atoms with E-state index in [1.807, 2.05) is 30.3 Å². The number of aliphatic hydroxyl groups excluding tert-OH is 1. The lowest BCUT2D eigenvalue weighted by atomic mass is 9.98. The maximum atomic E-state index is 12.9. The number of H-pyrrole nitrogens is 1. The Bertz CT molecular complexity index is 1190. The summed E-state index contributed by atoms with van der Waals surface area (Å²) in [6, 6.07) is 16.5. The summed E-state index contributed by atoms with van der Waals surface area (Å²) in [6.07, 6.45) is -0.993. The maximum absolute atomic E-state index is 12.9. The average molecular weight is 435 g/mol. The Morgan fingerprint density at radius 2 is 1.72 bits per heavy atom. The predicted octanol–water partition coefficient (Wildman–Crippen LogP) is 1.03. The Morgan fingerprint density at radius 3 is 2.38 bits per heavy atom. The Kier molecular flexibility index (Phi) is 5.30. The Morgan fingerprint density at radius 1 is 1.03 bits per heavy atom. The lowest BCUT2D eigenvalue weighted by molar-refractivity contribution is -0.261. The lowest BCUT2D eigenvalue weighted by Crippen LogP contribution is -2.66. The minimum atomic E-state index is -1.22. The molecule has 1 aromatic heterocycles. The van der Waals surface area contributed by atoms with E-state index in [0.29, 0.717) is 37.3 Å². The molecule has 0 aliphatic carbocycles. The number of aliphatic hydroxyl groups is 2. The van der Waals surface area contributed by atoms with Crippen LogP contribution in [0.3, 0.4) is 0 Å². The SMILES string of the molecule is O=C(c1ccc(-c2cc3ccccc3[nH]c2=O)cc1)N1CCN(C(O)C2(O)COC2)CC1. The first-order valence-electron chi connectivity index (χ1n) is 10.7. The first-order chi connectivity index (χ1) is 15.4. The molecule has 3 heterocycles. The minimum Gasteiger partial charge on any atom is -0.381 e. The highest BCUT2D eigenvalue weighted by Gasteiger charge is 2.46. The standard InChI is InChI=1S/C24H25N3O5/c28-21-19(13-18-3-1-2-4-20(18)25-21)16-5-7-17(8-6-16)22(29)26-9-11-27(12-10-26)23(30)24(31)14-32-15-24/h1-8,13,23,30-31H,9-12,14-15H2,(H,25,28). The monoisotopic (exact) mass is 435 g/mol. The van der Waals surface area contributed by atoms with Gasteiger partial charge in [-0.2, -0.15) is 0 Å². The van der Waals surface area contributed by atoms with Crippen molar-refractivity contribution in [1.29, 1.82) is 0 Å². The second-order valence-corrected chi connectivity index (χ2v) is 8.47. The summed E-state index contributed by atoms with van der Waals surface area (Å²) in [5.74, 6) is -0.0937. The summed E-state index contributed by atoms with van der Waals surface area (Å²) in [5.41, 5.74) is 1.25. The van der Waals surface area contributed by atoms with Crippen molar-refractivity contribution in [2.24, 2.45) is 0 Å². The number of nitrogens with one attached hydrogen (secondary N) is 1. The van der Waals surface area contributed by atoms with E-state index >= 15 is 0 Å². The Balaban J connectivity index is 1.27. The molecule has 166 valence electrons. The van der Waals surface area contributed by atoms with E-state index in [9.17, 15) is 19.8 Å². The normalized spacial score (nSPS) is 19.5. The topological polar surface area (TPSA) is 106 Å². The molecule has 1 amide bonds. The lowest BCUT2D eigenvalue weighted by Gasteiger charge is -2.46. The van der Waals surface area contributed by atoms with E-state index in [1.54, 1.807) is 34.1 Å². The summed E-state index contributed by atoms with van der Waals surface area (Å²) < 4.78 is 5.01. The van der Waals surface area contributed by atoms with Gasteiger partial charge in [-0.3, -0.25) is 14.5 Å². The van der Waals surface area contributed by atoms with Crippen LogP contribution in [0.15, 0.2) is 59.4 Å². The number of para-hydroxylation sites is 1. The third-order valence-electron chi connectivity index (χ3n) is 6.33. The second-order valence-electron chi connectivity index (χ2n) is 8.47. The fourth-order valence-electron chi connectivity index (χ4n) is 4.31. The van der Waals surface area contributed by atoms with Crippen LogP contribution in [0.1, 0.15) is 10.4 Å². The third-order valence-corrected chi connectivity index (χ3v) is 6.33. The van der Waals surface area contributed by atoms with Gasteiger partial charge in [-0.05, 0) is 35.2 Å². The summed E-state index contributed by atoms with van der Waals surface area (Å²) in [6.45, 7) is 2.11. The molecule has 3 N–H and O–H groups in total. The molecule has 0 spiro atoms. The van der Waals surface area contributed by atoms with Gasteiger partial charge in [0.2, 0.25) is 0 Å². The molecule has 2 aromatic carbocycles. The number of hydrogen-bond donors (Lipinski definition) is 3. The number of pyridine rings is 1. The van der Waals surface area contributed by atoms with Crippen LogP contribution in [0.25, 0.3) is 22.0 Å². The van der Waals surface area contributed by atoms with Crippen molar-refractivity contribution in [2.45, 2.75) is 11.8 Å². The minimum absolute atomic E-state index is 0.0937. The van der Waals surface area contributed by atoms with Crippen molar-refractivity contribution in [2.75, 3.05) is 39.4 Å². The number of carbonyl (C=O) groups is 1. The van der Waals surface area contributed by atoms with E-state index in [-0.39, 0.29) is 24.7 Å². The molecule has 8 heteroatoms. The molecule has 0 bridgehead atoms. The van der Waals surface area contributed by atoms with Crippen LogP contribution in [0.5, 0.6) is 0 Å². The molecule has 1 unspecified atom stereocenters. The fourth-order valence-corrected chi connectivity index (χ4v) is 4.31.